The van der Waals surface area contributed by atoms with Crippen LogP contribution in [0.5, 0.6) is 0 Å². The molecule has 0 saturated carbocycles. The lowest BCUT2D eigenvalue weighted by Gasteiger charge is -2.39. The Bertz CT molecular complexity index is 839. The molecule has 0 saturated heterocycles. The Labute approximate surface area is 205 Å². The number of amides is 1. The SMILES string of the molecule is CCC(C)C(CC)C(CC)C(CC)C(CC)CCC/C=N/S(=O)(=O)c1nnc(NC(C)=O)s1. The Balaban J connectivity index is 2.74. The Hall–Kier alpha value is -1.35. The topological polar surface area (TPSA) is 101 Å². The second-order valence-corrected chi connectivity index (χ2v) is 11.8. The molecule has 5 unspecified atom stereocenters. The van der Waals surface area contributed by atoms with Gasteiger partial charge in [-0.25, -0.2) is 0 Å². The summed E-state index contributed by atoms with van der Waals surface area (Å²) in [6, 6.07) is 0. The molecule has 0 aliphatic rings. The van der Waals surface area contributed by atoms with Crippen molar-refractivity contribution < 1.29 is 13.2 Å². The molecule has 190 valence electrons. The second-order valence-electron chi connectivity index (χ2n) is 9.02. The van der Waals surface area contributed by atoms with Gasteiger partial charge in [0.1, 0.15) is 0 Å². The van der Waals surface area contributed by atoms with Crippen LogP contribution in [0.15, 0.2) is 8.74 Å². The number of aromatic nitrogens is 2. The van der Waals surface area contributed by atoms with Crippen molar-refractivity contribution in [3.63, 3.8) is 0 Å². The summed E-state index contributed by atoms with van der Waals surface area (Å²) in [5.41, 5.74) is 0. The minimum Gasteiger partial charge on any atom is -0.301 e. The highest BCUT2D eigenvalue weighted by molar-refractivity contribution is 7.92. The van der Waals surface area contributed by atoms with Gasteiger partial charge in [0.25, 0.3) is 4.34 Å². The van der Waals surface area contributed by atoms with Crippen LogP contribution in [-0.4, -0.2) is 30.7 Å². The Kier molecular flexibility index (Phi) is 13.3. The van der Waals surface area contributed by atoms with E-state index < -0.39 is 10.0 Å². The van der Waals surface area contributed by atoms with Gasteiger partial charge in [-0.3, -0.25) is 4.79 Å². The summed E-state index contributed by atoms with van der Waals surface area (Å²) in [6.07, 6.45) is 10.1. The molecule has 33 heavy (non-hydrogen) atoms. The van der Waals surface area contributed by atoms with Crippen molar-refractivity contribution in [2.45, 2.75) is 104 Å². The molecule has 1 N–H and O–H groups in total. The number of nitrogens with zero attached hydrogens (tertiary/aromatic N) is 3. The molecule has 0 fully saturated rings. The predicted octanol–water partition coefficient (Wildman–Crippen LogP) is 6.58. The first-order valence-corrected chi connectivity index (χ1v) is 14.8. The third kappa shape index (κ3) is 9.08. The fourth-order valence-corrected chi connectivity index (χ4v) is 7.09. The highest BCUT2D eigenvalue weighted by atomic mass is 32.2. The zero-order chi connectivity index (χ0) is 25.0. The van der Waals surface area contributed by atoms with E-state index >= 15 is 0 Å². The summed E-state index contributed by atoms with van der Waals surface area (Å²) in [4.78, 5) is 11.1. The maximum Gasteiger partial charge on any atom is 0.311 e. The fraction of sp³-hybridized carbons (Fsp3) is 0.833. The van der Waals surface area contributed by atoms with E-state index in [2.05, 4.69) is 61.5 Å². The van der Waals surface area contributed by atoms with E-state index in [1.54, 1.807) is 0 Å². The van der Waals surface area contributed by atoms with Crippen LogP contribution >= 0.6 is 11.3 Å². The van der Waals surface area contributed by atoms with E-state index in [9.17, 15) is 13.2 Å². The third-order valence-corrected chi connectivity index (χ3v) is 9.52. The molecule has 7 nitrogen and oxygen atoms in total. The number of anilines is 1. The minimum absolute atomic E-state index is 0.154. The summed E-state index contributed by atoms with van der Waals surface area (Å²) in [5.74, 6) is 3.27. The number of carbonyl (C=O) groups excluding carboxylic acids is 1. The summed E-state index contributed by atoms with van der Waals surface area (Å²) in [6.45, 7) is 15.3. The molecule has 0 radical (unpaired) electrons. The van der Waals surface area contributed by atoms with Crippen molar-refractivity contribution in [1.29, 1.82) is 0 Å². The van der Waals surface area contributed by atoms with Gasteiger partial charge in [-0.15, -0.1) is 10.2 Å². The van der Waals surface area contributed by atoms with Gasteiger partial charge in [-0.05, 0) is 48.9 Å². The largest absolute Gasteiger partial charge is 0.311 e. The molecule has 0 bridgehead atoms. The van der Waals surface area contributed by atoms with Gasteiger partial charge in [0, 0.05) is 13.1 Å². The van der Waals surface area contributed by atoms with Crippen LogP contribution in [0.4, 0.5) is 5.13 Å². The zero-order valence-electron chi connectivity index (χ0n) is 21.5. The molecule has 0 aliphatic carbocycles. The lowest BCUT2D eigenvalue weighted by molar-refractivity contribution is -0.114. The average molecular weight is 501 g/mol. The first-order chi connectivity index (χ1) is 15.6. The van der Waals surface area contributed by atoms with Gasteiger partial charge in [0.2, 0.25) is 11.0 Å². The number of hydrogen-bond donors (Lipinski definition) is 1. The molecular formula is C24H44N4O3S2. The van der Waals surface area contributed by atoms with Crippen molar-refractivity contribution in [2.24, 2.45) is 34.0 Å². The molecule has 9 heteroatoms. The van der Waals surface area contributed by atoms with E-state index in [0.29, 0.717) is 18.3 Å². The van der Waals surface area contributed by atoms with Crippen LogP contribution in [-0.2, 0) is 14.8 Å². The van der Waals surface area contributed by atoms with Gasteiger partial charge in [0.05, 0.1) is 0 Å². The lowest BCUT2D eigenvalue weighted by atomic mass is 9.66. The van der Waals surface area contributed by atoms with Gasteiger partial charge in [-0.2, -0.15) is 12.8 Å². The van der Waals surface area contributed by atoms with Gasteiger partial charge in [0.15, 0.2) is 0 Å². The maximum absolute atomic E-state index is 12.4. The van der Waals surface area contributed by atoms with Crippen LogP contribution < -0.4 is 5.32 Å². The highest BCUT2D eigenvalue weighted by Crippen LogP contribution is 2.41. The molecule has 1 rings (SSSR count). The van der Waals surface area contributed by atoms with Crippen LogP contribution in [0, 0.1) is 29.6 Å². The van der Waals surface area contributed by atoms with Gasteiger partial charge in [-0.1, -0.05) is 85.0 Å². The molecule has 1 amide bonds. The minimum atomic E-state index is -3.88. The van der Waals surface area contributed by atoms with E-state index in [-0.39, 0.29) is 15.4 Å². The zero-order valence-corrected chi connectivity index (χ0v) is 23.1. The molecule has 1 aromatic rings. The Morgan fingerprint density at radius 3 is 2.15 bits per heavy atom. The average Bonchev–Trinajstić information content (AvgIpc) is 3.25. The van der Waals surface area contributed by atoms with Crippen LogP contribution in [0.3, 0.4) is 0 Å². The van der Waals surface area contributed by atoms with Crippen molar-refractivity contribution >= 4 is 38.6 Å². The van der Waals surface area contributed by atoms with E-state index in [1.165, 1.54) is 38.8 Å². The first kappa shape index (κ1) is 29.7. The molecule has 1 heterocycles. The summed E-state index contributed by atoms with van der Waals surface area (Å²) in [5, 5.41) is 9.91. The van der Waals surface area contributed by atoms with Crippen molar-refractivity contribution in [2.75, 3.05) is 5.32 Å². The summed E-state index contributed by atoms with van der Waals surface area (Å²) < 4.78 is 28.3. The number of rotatable bonds is 16. The standard InChI is InChI=1S/C24H44N4O3S2/c1-8-17(6)20(10-3)22(12-5)21(11-4)19(9-2)15-13-14-16-25-33(30,31)24-28-27-23(32-24)26-18(7)29/h16-17,19-22H,8-15H2,1-7H3,(H,26,27,29)/b25-16+. The number of carbonyl (C=O) groups is 1. The summed E-state index contributed by atoms with van der Waals surface area (Å²) in [7, 11) is -3.88. The molecule has 0 aromatic carbocycles. The fourth-order valence-electron chi connectivity index (χ4n) is 5.24. The molecular weight excluding hydrogens is 456 g/mol. The van der Waals surface area contributed by atoms with E-state index in [4.69, 9.17) is 0 Å². The summed E-state index contributed by atoms with van der Waals surface area (Å²) >= 11 is 0.806. The lowest BCUT2D eigenvalue weighted by Crippen LogP contribution is -2.31. The van der Waals surface area contributed by atoms with Gasteiger partial charge < -0.3 is 5.32 Å². The molecule has 0 spiro atoms. The van der Waals surface area contributed by atoms with Crippen LogP contribution in [0.25, 0.3) is 0 Å². The van der Waals surface area contributed by atoms with Crippen LogP contribution in [0.1, 0.15) is 99.8 Å². The third-order valence-electron chi connectivity index (χ3n) is 7.05. The predicted molar refractivity (Wildman–Crippen MR) is 138 cm³/mol. The van der Waals surface area contributed by atoms with Crippen LogP contribution in [0.2, 0.25) is 0 Å². The number of nitrogens with one attached hydrogen (secondary N) is 1. The number of unbranched alkanes of at least 4 members (excludes halogenated alkanes) is 1. The monoisotopic (exact) mass is 500 g/mol. The van der Waals surface area contributed by atoms with E-state index in [1.807, 2.05) is 0 Å². The Morgan fingerprint density at radius 2 is 1.64 bits per heavy atom. The highest BCUT2D eigenvalue weighted by Gasteiger charge is 2.32. The molecule has 1 aromatic heterocycles. The smallest absolute Gasteiger partial charge is 0.301 e. The normalized spacial score (nSPS) is 16.9. The quantitative estimate of drug-likeness (QED) is 0.157. The van der Waals surface area contributed by atoms with Gasteiger partial charge >= 0.3 is 10.0 Å². The second kappa shape index (κ2) is 14.8. The Morgan fingerprint density at radius 1 is 1.00 bits per heavy atom. The molecule has 5 atom stereocenters. The molecule has 0 aliphatic heterocycles. The number of sulfonamides is 1. The van der Waals surface area contributed by atoms with Crippen molar-refractivity contribution in [3.05, 3.63) is 0 Å². The van der Waals surface area contributed by atoms with Crippen molar-refractivity contribution in [1.82, 2.24) is 10.2 Å². The maximum atomic E-state index is 12.4. The number of hydrogen-bond acceptors (Lipinski definition) is 6. The van der Waals surface area contributed by atoms with Crippen molar-refractivity contribution in [3.8, 4) is 0 Å². The first-order valence-electron chi connectivity index (χ1n) is 12.5. The van der Waals surface area contributed by atoms with E-state index in [0.717, 1.165) is 48.4 Å².